The molecule has 0 aromatic rings. The van der Waals surface area contributed by atoms with Gasteiger partial charge in [-0.3, -0.25) is 4.79 Å². The van der Waals surface area contributed by atoms with Crippen LogP contribution in [0.4, 0.5) is 0 Å². The van der Waals surface area contributed by atoms with Crippen LogP contribution in [0.2, 0.25) is 0 Å². The number of carbonyl (C=O) groups is 1. The van der Waals surface area contributed by atoms with Crippen LogP contribution in [0, 0.1) is 5.92 Å². The summed E-state index contributed by atoms with van der Waals surface area (Å²) in [6, 6.07) is 0. The molecule has 22 heavy (non-hydrogen) atoms. The average Bonchev–Trinajstić information content (AvgIpc) is 2.81. The molecule has 0 N–H and O–H groups in total. The Morgan fingerprint density at radius 1 is 1.23 bits per heavy atom. The van der Waals surface area contributed by atoms with Crippen molar-refractivity contribution in [3.63, 3.8) is 0 Å². The number of rotatable bonds is 4. The molecule has 3 rings (SSSR count). The zero-order valence-corrected chi connectivity index (χ0v) is 13.8. The minimum Gasteiger partial charge on any atom is -0.378 e. The van der Waals surface area contributed by atoms with Gasteiger partial charge in [0.1, 0.15) is 0 Å². The van der Waals surface area contributed by atoms with Crippen LogP contribution in [0.15, 0.2) is 0 Å². The van der Waals surface area contributed by atoms with Crippen molar-refractivity contribution in [2.45, 2.75) is 32.0 Å². The monoisotopic (exact) mass is 332 g/mol. The first-order chi connectivity index (χ1) is 10.5. The Balaban J connectivity index is 1.67. The first-order valence-corrected chi connectivity index (χ1v) is 9.62. The normalized spacial score (nSPS) is 33.1. The van der Waals surface area contributed by atoms with E-state index in [0.29, 0.717) is 52.2 Å². The highest BCUT2D eigenvalue weighted by Gasteiger charge is 2.48. The van der Waals surface area contributed by atoms with Crippen LogP contribution in [0.1, 0.15) is 19.8 Å². The predicted molar refractivity (Wildman–Crippen MR) is 79.8 cm³/mol. The van der Waals surface area contributed by atoms with E-state index >= 15 is 0 Å². The summed E-state index contributed by atoms with van der Waals surface area (Å²) in [6.45, 7) is 4.92. The summed E-state index contributed by atoms with van der Waals surface area (Å²) in [5.41, 5.74) is 0. The van der Waals surface area contributed by atoms with Crippen molar-refractivity contribution in [1.82, 2.24) is 9.21 Å². The van der Waals surface area contributed by atoms with Crippen LogP contribution < -0.4 is 0 Å². The number of fused-ring (bicyclic) bond motifs is 2. The van der Waals surface area contributed by atoms with E-state index in [2.05, 4.69) is 0 Å². The summed E-state index contributed by atoms with van der Waals surface area (Å²) in [6.07, 6.45) is 0.769. The summed E-state index contributed by atoms with van der Waals surface area (Å²) in [4.78, 5) is 14.5. The SMILES string of the molecule is CCCS(=O)(=O)N1C[C@@H]2C[C@H](C(=O)N3CCOCC3)[C@H](C1)O2. The fourth-order valence-corrected chi connectivity index (χ4v) is 5.06. The van der Waals surface area contributed by atoms with Crippen LogP contribution in [0.25, 0.3) is 0 Å². The topological polar surface area (TPSA) is 76.2 Å². The van der Waals surface area contributed by atoms with E-state index in [4.69, 9.17) is 9.47 Å². The zero-order valence-electron chi connectivity index (χ0n) is 12.9. The lowest BCUT2D eigenvalue weighted by Gasteiger charge is -2.33. The van der Waals surface area contributed by atoms with Gasteiger partial charge < -0.3 is 14.4 Å². The smallest absolute Gasteiger partial charge is 0.228 e. The van der Waals surface area contributed by atoms with Crippen LogP contribution in [-0.2, 0) is 24.3 Å². The molecule has 0 radical (unpaired) electrons. The molecule has 7 nitrogen and oxygen atoms in total. The van der Waals surface area contributed by atoms with Gasteiger partial charge in [-0.25, -0.2) is 8.42 Å². The maximum absolute atomic E-state index is 12.6. The minimum atomic E-state index is -3.22. The molecule has 2 bridgehead atoms. The summed E-state index contributed by atoms with van der Waals surface area (Å²) >= 11 is 0. The average molecular weight is 332 g/mol. The summed E-state index contributed by atoms with van der Waals surface area (Å²) < 4.78 is 37.1. The Morgan fingerprint density at radius 3 is 2.64 bits per heavy atom. The molecule has 3 heterocycles. The first-order valence-electron chi connectivity index (χ1n) is 8.01. The van der Waals surface area contributed by atoms with Crippen LogP contribution in [0.5, 0.6) is 0 Å². The van der Waals surface area contributed by atoms with E-state index < -0.39 is 10.0 Å². The van der Waals surface area contributed by atoms with Crippen molar-refractivity contribution >= 4 is 15.9 Å². The summed E-state index contributed by atoms with van der Waals surface area (Å²) in [5.74, 6) is 0.0320. The molecule has 8 heteroatoms. The third-order valence-electron chi connectivity index (χ3n) is 4.62. The van der Waals surface area contributed by atoms with Crippen molar-refractivity contribution in [3.05, 3.63) is 0 Å². The van der Waals surface area contributed by atoms with E-state index in [1.165, 1.54) is 4.31 Å². The molecule has 0 spiro atoms. The Labute approximate surface area is 131 Å². The summed E-state index contributed by atoms with van der Waals surface area (Å²) in [5, 5.41) is 0. The first kappa shape index (κ1) is 16.2. The lowest BCUT2D eigenvalue weighted by Crippen LogP contribution is -2.50. The third kappa shape index (κ3) is 3.15. The highest BCUT2D eigenvalue weighted by molar-refractivity contribution is 7.89. The molecule has 0 aromatic carbocycles. The summed E-state index contributed by atoms with van der Waals surface area (Å²) in [7, 11) is -3.22. The van der Waals surface area contributed by atoms with Crippen LogP contribution in [0.3, 0.4) is 0 Å². The van der Waals surface area contributed by atoms with Gasteiger partial charge in [0, 0.05) is 26.2 Å². The molecule has 3 saturated heterocycles. The van der Waals surface area contributed by atoms with Crippen LogP contribution in [-0.4, -0.2) is 80.9 Å². The van der Waals surface area contributed by atoms with Gasteiger partial charge in [-0.1, -0.05) is 6.92 Å². The molecule has 0 saturated carbocycles. The lowest BCUT2D eigenvalue weighted by molar-refractivity contribution is -0.142. The molecule has 0 unspecified atom stereocenters. The van der Waals surface area contributed by atoms with E-state index in [-0.39, 0.29) is 29.8 Å². The molecule has 3 aliphatic heterocycles. The standard InChI is InChI=1S/C14H24N2O5S/c1-2-7-22(18,19)16-9-11-8-12(13(10-16)21-11)14(17)15-3-5-20-6-4-15/h11-13H,2-10H2,1H3/t11-,12-,13-/m0/s1. The number of ether oxygens (including phenoxy) is 2. The van der Waals surface area contributed by atoms with Crippen LogP contribution >= 0.6 is 0 Å². The number of hydrogen-bond acceptors (Lipinski definition) is 5. The molecule has 0 aromatic heterocycles. The van der Waals surface area contributed by atoms with Gasteiger partial charge in [-0.05, 0) is 12.8 Å². The molecule has 3 atom stereocenters. The van der Waals surface area contributed by atoms with E-state index in [0.717, 1.165) is 0 Å². The number of carbonyl (C=O) groups excluding carboxylic acids is 1. The molecule has 3 fully saturated rings. The number of amides is 1. The van der Waals surface area contributed by atoms with E-state index in [1.807, 2.05) is 11.8 Å². The second kappa shape index (κ2) is 6.43. The number of hydrogen-bond donors (Lipinski definition) is 0. The van der Waals surface area contributed by atoms with Crippen molar-refractivity contribution in [3.8, 4) is 0 Å². The number of nitrogens with zero attached hydrogens (tertiary/aromatic N) is 2. The van der Waals surface area contributed by atoms with Gasteiger partial charge in [0.25, 0.3) is 0 Å². The lowest BCUT2D eigenvalue weighted by atomic mass is 9.98. The van der Waals surface area contributed by atoms with Crippen molar-refractivity contribution in [1.29, 1.82) is 0 Å². The van der Waals surface area contributed by atoms with Crippen molar-refractivity contribution in [2.75, 3.05) is 45.1 Å². The zero-order chi connectivity index (χ0) is 15.7. The Hall–Kier alpha value is -0.700. The molecule has 1 amide bonds. The van der Waals surface area contributed by atoms with Crippen molar-refractivity contribution < 1.29 is 22.7 Å². The molecular formula is C14H24N2O5S. The Kier molecular flexibility index (Phi) is 4.72. The largest absolute Gasteiger partial charge is 0.378 e. The maximum Gasteiger partial charge on any atom is 0.228 e. The van der Waals surface area contributed by atoms with Gasteiger partial charge in [0.15, 0.2) is 0 Å². The number of sulfonamides is 1. The maximum atomic E-state index is 12.6. The number of morpholine rings is 2. The molecular weight excluding hydrogens is 308 g/mol. The van der Waals surface area contributed by atoms with Crippen molar-refractivity contribution in [2.24, 2.45) is 5.92 Å². The second-order valence-electron chi connectivity index (χ2n) is 6.21. The predicted octanol–water partition coefficient (Wildman–Crippen LogP) is -0.326. The van der Waals surface area contributed by atoms with Gasteiger partial charge in [-0.2, -0.15) is 4.31 Å². The van der Waals surface area contributed by atoms with Gasteiger partial charge in [-0.15, -0.1) is 0 Å². The van der Waals surface area contributed by atoms with Gasteiger partial charge in [0.05, 0.1) is 37.1 Å². The second-order valence-corrected chi connectivity index (χ2v) is 8.30. The molecule has 0 aliphatic carbocycles. The Bertz CT molecular complexity index is 517. The third-order valence-corrected chi connectivity index (χ3v) is 6.63. The minimum absolute atomic E-state index is 0.0885. The Morgan fingerprint density at radius 2 is 1.95 bits per heavy atom. The highest BCUT2D eigenvalue weighted by Crippen LogP contribution is 2.34. The van der Waals surface area contributed by atoms with E-state index in [9.17, 15) is 13.2 Å². The van der Waals surface area contributed by atoms with Gasteiger partial charge >= 0.3 is 0 Å². The van der Waals surface area contributed by atoms with E-state index in [1.54, 1.807) is 0 Å². The molecule has 3 aliphatic rings. The quantitative estimate of drug-likeness (QED) is 0.705. The van der Waals surface area contributed by atoms with Gasteiger partial charge in [0.2, 0.25) is 15.9 Å². The highest BCUT2D eigenvalue weighted by atomic mass is 32.2. The fourth-order valence-electron chi connectivity index (χ4n) is 3.52. The molecule has 126 valence electrons. The fraction of sp³-hybridized carbons (Fsp3) is 0.929.